The molecule has 0 radical (unpaired) electrons. The van der Waals surface area contributed by atoms with E-state index in [-0.39, 0.29) is 24.0 Å². The first-order chi connectivity index (χ1) is 13.6. The fraction of sp³-hybridized carbons (Fsp3) is 0.500. The molecule has 9 heteroatoms. The van der Waals surface area contributed by atoms with Crippen molar-refractivity contribution < 1.29 is 24.2 Å². The van der Waals surface area contributed by atoms with Gasteiger partial charge in [-0.25, -0.2) is 9.79 Å². The molecule has 2 rings (SSSR count). The van der Waals surface area contributed by atoms with Gasteiger partial charge in [-0.05, 0) is 57.6 Å². The summed E-state index contributed by atoms with van der Waals surface area (Å²) in [6.07, 6.45) is -0.258. The van der Waals surface area contributed by atoms with Gasteiger partial charge in [-0.3, -0.25) is 4.79 Å². The molecule has 1 amide bonds. The molecule has 3 N–H and O–H groups in total. The second-order valence-corrected chi connectivity index (χ2v) is 7.92. The largest absolute Gasteiger partial charge is 0.508 e. The number of thiocarbonyl (C=S) groups is 1. The second kappa shape index (κ2) is 9.69. The van der Waals surface area contributed by atoms with Gasteiger partial charge < -0.3 is 25.2 Å². The van der Waals surface area contributed by atoms with Crippen LogP contribution in [-0.4, -0.2) is 46.7 Å². The van der Waals surface area contributed by atoms with Gasteiger partial charge in [0.1, 0.15) is 17.3 Å². The van der Waals surface area contributed by atoms with E-state index >= 15 is 0 Å². The average molecular weight is 422 g/mol. The Morgan fingerprint density at radius 3 is 2.69 bits per heavy atom. The lowest BCUT2D eigenvalue weighted by atomic mass is 9.86. The zero-order chi connectivity index (χ0) is 21.6. The van der Waals surface area contributed by atoms with Crippen LogP contribution in [0.2, 0.25) is 0 Å². The highest BCUT2D eigenvalue weighted by Gasteiger charge is 2.38. The Balaban J connectivity index is 2.20. The van der Waals surface area contributed by atoms with Gasteiger partial charge in [0.25, 0.3) is 0 Å². The van der Waals surface area contributed by atoms with E-state index in [1.807, 2.05) is 0 Å². The van der Waals surface area contributed by atoms with E-state index in [1.54, 1.807) is 52.0 Å². The van der Waals surface area contributed by atoms with Gasteiger partial charge in [0.2, 0.25) is 0 Å². The number of hydrogen-bond acceptors (Lipinski definition) is 6. The van der Waals surface area contributed by atoms with Crippen LogP contribution in [0.5, 0.6) is 5.75 Å². The summed E-state index contributed by atoms with van der Waals surface area (Å²) in [5.41, 5.74) is 0.570. The number of nitrogens with one attached hydrogen (secondary N) is 2. The Morgan fingerprint density at radius 2 is 2.07 bits per heavy atom. The topological polar surface area (TPSA) is 109 Å². The van der Waals surface area contributed by atoms with Gasteiger partial charge >= 0.3 is 12.1 Å². The molecular formula is C20H27N3O5S. The van der Waals surface area contributed by atoms with E-state index in [9.17, 15) is 14.7 Å². The summed E-state index contributed by atoms with van der Waals surface area (Å²) < 4.78 is 10.5. The first-order valence-corrected chi connectivity index (χ1v) is 9.82. The number of phenols is 1. The number of aliphatic imine (C=N–C) groups is 1. The zero-order valence-electron chi connectivity index (χ0n) is 17.0. The van der Waals surface area contributed by atoms with Crippen molar-refractivity contribution in [3.63, 3.8) is 0 Å². The first-order valence-electron chi connectivity index (χ1n) is 9.41. The fourth-order valence-electron chi connectivity index (χ4n) is 2.96. The lowest BCUT2D eigenvalue weighted by molar-refractivity contribution is -0.146. The zero-order valence-corrected chi connectivity index (χ0v) is 17.8. The van der Waals surface area contributed by atoms with Crippen LogP contribution in [0.4, 0.5) is 4.79 Å². The second-order valence-electron chi connectivity index (χ2n) is 7.53. The van der Waals surface area contributed by atoms with Crippen molar-refractivity contribution in [2.24, 2.45) is 10.9 Å². The number of alkyl carbamates (subject to hydrolysis) is 1. The van der Waals surface area contributed by atoms with E-state index in [0.29, 0.717) is 17.7 Å². The number of carbonyl (C=O) groups excluding carboxylic acids is 2. The maximum atomic E-state index is 12.7. The van der Waals surface area contributed by atoms with Crippen LogP contribution in [0.1, 0.15) is 45.7 Å². The van der Waals surface area contributed by atoms with Crippen LogP contribution in [0.25, 0.3) is 0 Å². The smallest absolute Gasteiger partial charge is 0.407 e. The first kappa shape index (κ1) is 22.6. The molecule has 0 spiro atoms. The standard InChI is InChI=1S/C20H27N3O5S/c1-5-27-17(25)15-14(9-10-21-19(26)28-20(2,3)4)22-18(29)23-16(15)12-7-6-8-13(24)11-12/h6-8,11,15-16,24H,5,9-10H2,1-4H3,(H,21,26)(H,23,29). The van der Waals surface area contributed by atoms with Gasteiger partial charge in [0, 0.05) is 18.7 Å². The van der Waals surface area contributed by atoms with Crippen molar-refractivity contribution in [2.75, 3.05) is 13.2 Å². The minimum Gasteiger partial charge on any atom is -0.508 e. The Kier molecular flexibility index (Phi) is 7.55. The fourth-order valence-corrected chi connectivity index (χ4v) is 3.20. The molecule has 158 valence electrons. The van der Waals surface area contributed by atoms with E-state index < -0.39 is 29.6 Å². The molecule has 2 unspecified atom stereocenters. The predicted octanol–water partition coefficient (Wildman–Crippen LogP) is 2.86. The number of hydrogen-bond donors (Lipinski definition) is 3. The van der Waals surface area contributed by atoms with Crippen molar-refractivity contribution >= 4 is 35.1 Å². The van der Waals surface area contributed by atoms with Gasteiger partial charge in [-0.1, -0.05) is 12.1 Å². The normalized spacial score (nSPS) is 19.0. The van der Waals surface area contributed by atoms with Crippen molar-refractivity contribution in [3.8, 4) is 5.75 Å². The van der Waals surface area contributed by atoms with E-state index in [0.717, 1.165) is 0 Å². The minimum atomic E-state index is -0.746. The van der Waals surface area contributed by atoms with Gasteiger partial charge in [-0.15, -0.1) is 0 Å². The maximum absolute atomic E-state index is 12.7. The lowest BCUT2D eigenvalue weighted by Gasteiger charge is -2.32. The van der Waals surface area contributed by atoms with E-state index in [2.05, 4.69) is 15.6 Å². The molecule has 1 aromatic carbocycles. The van der Waals surface area contributed by atoms with Crippen LogP contribution in [0.15, 0.2) is 29.3 Å². The third-order valence-corrected chi connectivity index (χ3v) is 4.24. The van der Waals surface area contributed by atoms with E-state index in [1.165, 1.54) is 0 Å². The number of rotatable bonds is 6. The van der Waals surface area contributed by atoms with Crippen molar-refractivity contribution in [1.29, 1.82) is 0 Å². The molecule has 0 saturated carbocycles. The van der Waals surface area contributed by atoms with Crippen molar-refractivity contribution in [3.05, 3.63) is 29.8 Å². The van der Waals surface area contributed by atoms with Gasteiger partial charge in [-0.2, -0.15) is 0 Å². The molecule has 0 aromatic heterocycles. The summed E-state index contributed by atoms with van der Waals surface area (Å²) in [5, 5.41) is 15.7. The molecule has 1 heterocycles. The van der Waals surface area contributed by atoms with E-state index in [4.69, 9.17) is 21.7 Å². The summed E-state index contributed by atoms with van der Waals surface area (Å²) in [5.74, 6) is -1.12. The number of ether oxygens (including phenoxy) is 2. The summed E-state index contributed by atoms with van der Waals surface area (Å²) in [7, 11) is 0. The van der Waals surface area contributed by atoms with Crippen LogP contribution in [0, 0.1) is 5.92 Å². The highest BCUT2D eigenvalue weighted by Crippen LogP contribution is 2.30. The minimum absolute atomic E-state index is 0.0773. The molecule has 0 aliphatic carbocycles. The average Bonchev–Trinajstić information content (AvgIpc) is 2.59. The molecule has 0 bridgehead atoms. The highest BCUT2D eigenvalue weighted by atomic mass is 32.1. The Bertz CT molecular complexity index is 804. The molecule has 8 nitrogen and oxygen atoms in total. The van der Waals surface area contributed by atoms with Crippen LogP contribution in [-0.2, 0) is 14.3 Å². The van der Waals surface area contributed by atoms with Crippen LogP contribution < -0.4 is 10.6 Å². The molecule has 0 saturated heterocycles. The van der Waals surface area contributed by atoms with Gasteiger partial charge in [0.15, 0.2) is 5.11 Å². The number of aromatic hydroxyl groups is 1. The van der Waals surface area contributed by atoms with Gasteiger partial charge in [0.05, 0.1) is 12.6 Å². The Hall–Kier alpha value is -2.68. The highest BCUT2D eigenvalue weighted by molar-refractivity contribution is 7.80. The number of esters is 1. The van der Waals surface area contributed by atoms with Crippen LogP contribution in [0.3, 0.4) is 0 Å². The van der Waals surface area contributed by atoms with Crippen molar-refractivity contribution in [2.45, 2.75) is 45.8 Å². The number of carbonyl (C=O) groups is 2. The van der Waals surface area contributed by atoms with Crippen LogP contribution >= 0.6 is 12.2 Å². The third kappa shape index (κ3) is 6.70. The maximum Gasteiger partial charge on any atom is 0.407 e. The number of phenolic OH excluding ortho intramolecular Hbond substituents is 1. The molecule has 1 aromatic rings. The molecule has 1 aliphatic rings. The monoisotopic (exact) mass is 421 g/mol. The molecular weight excluding hydrogens is 394 g/mol. The summed E-state index contributed by atoms with van der Waals surface area (Å²) >= 11 is 5.25. The predicted molar refractivity (Wildman–Crippen MR) is 113 cm³/mol. The number of benzene rings is 1. The quantitative estimate of drug-likeness (QED) is 0.479. The Morgan fingerprint density at radius 1 is 1.34 bits per heavy atom. The Labute approximate surface area is 175 Å². The number of amides is 1. The SMILES string of the molecule is CCOC(=O)C1C(CCNC(=O)OC(C)(C)C)=NC(=S)NC1c1cccc(O)c1. The lowest BCUT2D eigenvalue weighted by Crippen LogP contribution is -2.46. The molecule has 2 atom stereocenters. The van der Waals surface area contributed by atoms with Crippen molar-refractivity contribution in [1.82, 2.24) is 10.6 Å². The number of nitrogens with zero attached hydrogens (tertiary/aromatic N) is 1. The molecule has 0 fully saturated rings. The molecule has 1 aliphatic heterocycles. The summed E-state index contributed by atoms with van der Waals surface area (Å²) in [4.78, 5) is 28.9. The summed E-state index contributed by atoms with van der Waals surface area (Å²) in [6.45, 7) is 7.49. The summed E-state index contributed by atoms with van der Waals surface area (Å²) in [6, 6.07) is 6.04. The molecule has 29 heavy (non-hydrogen) atoms. The third-order valence-electron chi connectivity index (χ3n) is 4.04.